The predicted molar refractivity (Wildman–Crippen MR) is 77.0 cm³/mol. The van der Waals surface area contributed by atoms with Crippen molar-refractivity contribution < 1.29 is 9.53 Å². The highest BCUT2D eigenvalue weighted by molar-refractivity contribution is 5.69. The Bertz CT molecular complexity index is 482. The van der Waals surface area contributed by atoms with Crippen LogP contribution in [-0.4, -0.2) is 28.1 Å². The Labute approximate surface area is 120 Å². The second-order valence-corrected chi connectivity index (χ2v) is 6.16. The van der Waals surface area contributed by atoms with Gasteiger partial charge in [-0.15, -0.1) is 0 Å². The molecular formula is C15H23N3O2. The van der Waals surface area contributed by atoms with Gasteiger partial charge in [-0.25, -0.2) is 4.79 Å². The highest BCUT2D eigenvalue weighted by atomic mass is 16.6. The monoisotopic (exact) mass is 277 g/mol. The number of nitrogens with two attached hydrogens (primary N) is 1. The molecule has 20 heavy (non-hydrogen) atoms. The van der Waals surface area contributed by atoms with E-state index < -0.39 is 5.60 Å². The third-order valence-electron chi connectivity index (χ3n) is 3.32. The van der Waals surface area contributed by atoms with Gasteiger partial charge in [-0.2, -0.15) is 0 Å². The van der Waals surface area contributed by atoms with Gasteiger partial charge in [0, 0.05) is 25.5 Å². The van der Waals surface area contributed by atoms with E-state index >= 15 is 0 Å². The molecule has 1 aromatic rings. The molecule has 1 fully saturated rings. The number of nitrogens with zero attached hydrogens (tertiary/aromatic N) is 2. The number of hydrogen-bond acceptors (Lipinski definition) is 4. The zero-order valence-corrected chi connectivity index (χ0v) is 12.4. The molecule has 2 N–H and O–H groups in total. The highest BCUT2D eigenvalue weighted by Crippen LogP contribution is 2.33. The van der Waals surface area contributed by atoms with Gasteiger partial charge in [0.1, 0.15) is 5.60 Å². The van der Waals surface area contributed by atoms with Crippen molar-refractivity contribution in [3.8, 4) is 0 Å². The molecule has 2 heterocycles. The molecule has 2 rings (SSSR count). The normalized spacial score (nSPS) is 19.2. The summed E-state index contributed by atoms with van der Waals surface area (Å²) in [6, 6.07) is 2.07. The van der Waals surface area contributed by atoms with Crippen LogP contribution in [0.15, 0.2) is 18.5 Å². The first kappa shape index (κ1) is 14.8. The van der Waals surface area contributed by atoms with Gasteiger partial charge in [-0.05, 0) is 50.8 Å². The first-order chi connectivity index (χ1) is 9.40. The zero-order chi connectivity index (χ0) is 14.8. The third-order valence-corrected chi connectivity index (χ3v) is 3.32. The van der Waals surface area contributed by atoms with E-state index in [2.05, 4.69) is 4.98 Å². The maximum atomic E-state index is 12.3. The van der Waals surface area contributed by atoms with Gasteiger partial charge in [0.25, 0.3) is 0 Å². The van der Waals surface area contributed by atoms with Crippen molar-refractivity contribution in [1.82, 2.24) is 9.88 Å². The van der Waals surface area contributed by atoms with Crippen LogP contribution in [0.2, 0.25) is 0 Å². The average Bonchev–Trinajstić information content (AvgIpc) is 2.86. The van der Waals surface area contributed by atoms with E-state index in [9.17, 15) is 4.79 Å². The molecule has 0 bridgehead atoms. The summed E-state index contributed by atoms with van der Waals surface area (Å²) in [7, 11) is 0. The molecule has 0 saturated carbocycles. The molecule has 0 aliphatic carbocycles. The molecule has 1 aliphatic heterocycles. The van der Waals surface area contributed by atoms with E-state index in [0.717, 1.165) is 30.5 Å². The standard InChI is InChI=1S/C15H23N3O2/c1-15(2,3)20-14(19)18-6-4-5-13(18)12-7-11(8-16)9-17-10-12/h7,9-10,13H,4-6,8,16H2,1-3H3. The summed E-state index contributed by atoms with van der Waals surface area (Å²) in [5, 5.41) is 0. The van der Waals surface area contributed by atoms with E-state index in [-0.39, 0.29) is 12.1 Å². The number of ether oxygens (including phenoxy) is 1. The van der Waals surface area contributed by atoms with Crippen LogP contribution in [0.5, 0.6) is 0 Å². The molecule has 5 heteroatoms. The number of hydrogen-bond donors (Lipinski definition) is 1. The summed E-state index contributed by atoms with van der Waals surface area (Å²) in [6.45, 7) is 6.83. The van der Waals surface area contributed by atoms with Gasteiger partial charge < -0.3 is 15.4 Å². The average molecular weight is 277 g/mol. The summed E-state index contributed by atoms with van der Waals surface area (Å²) in [5.74, 6) is 0. The van der Waals surface area contributed by atoms with Crippen LogP contribution in [0.3, 0.4) is 0 Å². The summed E-state index contributed by atoms with van der Waals surface area (Å²) in [5.41, 5.74) is 7.20. The fourth-order valence-electron chi connectivity index (χ4n) is 2.45. The minimum Gasteiger partial charge on any atom is -0.444 e. The van der Waals surface area contributed by atoms with Crippen molar-refractivity contribution in [3.05, 3.63) is 29.6 Å². The number of likely N-dealkylation sites (tertiary alicyclic amines) is 1. The molecule has 0 aromatic carbocycles. The fraction of sp³-hybridized carbons (Fsp3) is 0.600. The van der Waals surface area contributed by atoms with E-state index in [1.165, 1.54) is 0 Å². The first-order valence-corrected chi connectivity index (χ1v) is 7.04. The largest absolute Gasteiger partial charge is 0.444 e. The van der Waals surface area contributed by atoms with Gasteiger partial charge >= 0.3 is 6.09 Å². The van der Waals surface area contributed by atoms with Gasteiger partial charge in [-0.3, -0.25) is 4.98 Å². The van der Waals surface area contributed by atoms with Crippen LogP contribution in [-0.2, 0) is 11.3 Å². The number of pyridine rings is 1. The van der Waals surface area contributed by atoms with Crippen molar-refractivity contribution in [2.24, 2.45) is 5.73 Å². The van der Waals surface area contributed by atoms with Crippen LogP contribution in [0.25, 0.3) is 0 Å². The molecule has 1 aliphatic rings. The zero-order valence-electron chi connectivity index (χ0n) is 12.4. The molecule has 110 valence electrons. The maximum absolute atomic E-state index is 12.3. The van der Waals surface area contributed by atoms with Gasteiger partial charge in [0.05, 0.1) is 6.04 Å². The van der Waals surface area contributed by atoms with E-state index in [1.54, 1.807) is 11.1 Å². The minimum atomic E-state index is -0.471. The fourth-order valence-corrected chi connectivity index (χ4v) is 2.45. The minimum absolute atomic E-state index is 0.0452. The van der Waals surface area contributed by atoms with E-state index in [0.29, 0.717) is 6.54 Å². The van der Waals surface area contributed by atoms with Gasteiger partial charge in [-0.1, -0.05) is 0 Å². The van der Waals surface area contributed by atoms with Crippen molar-refractivity contribution >= 4 is 6.09 Å². The lowest BCUT2D eigenvalue weighted by molar-refractivity contribution is 0.0224. The lowest BCUT2D eigenvalue weighted by atomic mass is 10.1. The number of amides is 1. The van der Waals surface area contributed by atoms with Crippen LogP contribution in [0, 0.1) is 0 Å². The topological polar surface area (TPSA) is 68.5 Å². The Morgan fingerprint density at radius 1 is 1.50 bits per heavy atom. The van der Waals surface area contributed by atoms with E-state index in [4.69, 9.17) is 10.5 Å². The smallest absolute Gasteiger partial charge is 0.410 e. The molecule has 1 aromatic heterocycles. The molecule has 1 atom stereocenters. The molecular weight excluding hydrogens is 254 g/mol. The molecule has 1 unspecified atom stereocenters. The molecule has 5 nitrogen and oxygen atoms in total. The SMILES string of the molecule is CC(C)(C)OC(=O)N1CCCC1c1cncc(CN)c1. The lowest BCUT2D eigenvalue weighted by Crippen LogP contribution is -2.36. The van der Waals surface area contributed by atoms with Crippen LogP contribution in [0.1, 0.15) is 50.8 Å². The Hall–Kier alpha value is -1.62. The molecule has 0 radical (unpaired) electrons. The van der Waals surface area contributed by atoms with Crippen LogP contribution < -0.4 is 5.73 Å². The Balaban J connectivity index is 2.16. The lowest BCUT2D eigenvalue weighted by Gasteiger charge is -2.28. The quantitative estimate of drug-likeness (QED) is 0.902. The summed E-state index contributed by atoms with van der Waals surface area (Å²) in [4.78, 5) is 18.3. The number of rotatable bonds is 2. The maximum Gasteiger partial charge on any atom is 0.410 e. The third kappa shape index (κ3) is 3.48. The Morgan fingerprint density at radius 3 is 2.90 bits per heavy atom. The van der Waals surface area contributed by atoms with Crippen LogP contribution in [0.4, 0.5) is 4.79 Å². The summed E-state index contributed by atoms with van der Waals surface area (Å²) >= 11 is 0. The van der Waals surface area contributed by atoms with E-state index in [1.807, 2.05) is 33.0 Å². The summed E-state index contributed by atoms with van der Waals surface area (Å²) in [6.07, 6.45) is 5.24. The second-order valence-electron chi connectivity index (χ2n) is 6.16. The van der Waals surface area contributed by atoms with Crippen LogP contribution >= 0.6 is 0 Å². The first-order valence-electron chi connectivity index (χ1n) is 7.04. The Kier molecular flexibility index (Phi) is 4.28. The van der Waals surface area contributed by atoms with Gasteiger partial charge in [0.2, 0.25) is 0 Å². The number of aromatic nitrogens is 1. The van der Waals surface area contributed by atoms with Crippen molar-refractivity contribution in [2.75, 3.05) is 6.54 Å². The second kappa shape index (κ2) is 5.79. The van der Waals surface area contributed by atoms with Crippen molar-refractivity contribution in [2.45, 2.75) is 51.8 Å². The highest BCUT2D eigenvalue weighted by Gasteiger charge is 2.33. The summed E-state index contributed by atoms with van der Waals surface area (Å²) < 4.78 is 5.47. The van der Waals surface area contributed by atoms with Gasteiger partial charge in [0.15, 0.2) is 0 Å². The predicted octanol–water partition coefficient (Wildman–Crippen LogP) is 2.61. The molecule has 1 saturated heterocycles. The van der Waals surface area contributed by atoms with Crippen molar-refractivity contribution in [1.29, 1.82) is 0 Å². The molecule has 1 amide bonds. The Morgan fingerprint density at radius 2 is 2.25 bits per heavy atom. The number of carbonyl (C=O) groups is 1. The number of carbonyl (C=O) groups excluding carboxylic acids is 1. The molecule has 0 spiro atoms. The van der Waals surface area contributed by atoms with Crippen molar-refractivity contribution in [3.63, 3.8) is 0 Å².